The van der Waals surface area contributed by atoms with Gasteiger partial charge in [0.05, 0.1) is 0 Å². The lowest BCUT2D eigenvalue weighted by molar-refractivity contribution is -0.138. The maximum atomic E-state index is 10.6. The van der Waals surface area contributed by atoms with E-state index in [0.29, 0.717) is 12.3 Å². The van der Waals surface area contributed by atoms with Crippen LogP contribution >= 0.6 is 11.6 Å². The molecule has 1 atom stereocenters. The lowest BCUT2D eigenvalue weighted by atomic mass is 10.1. The molecule has 0 aliphatic heterocycles. The van der Waals surface area contributed by atoms with E-state index in [1.165, 1.54) is 0 Å². The number of hydrogen-bond donors (Lipinski definition) is 2. The van der Waals surface area contributed by atoms with Crippen molar-refractivity contribution in [3.05, 3.63) is 29.8 Å². The van der Waals surface area contributed by atoms with Crippen molar-refractivity contribution in [1.82, 2.24) is 0 Å². The van der Waals surface area contributed by atoms with E-state index in [1.54, 1.807) is 0 Å². The molecule has 1 aromatic carbocycles. The Morgan fingerprint density at radius 1 is 1.47 bits per heavy atom. The molecule has 0 aliphatic carbocycles. The number of halogens is 1. The molecule has 0 spiro atoms. The first-order chi connectivity index (χ1) is 8.04. The molecule has 94 valence electrons. The molecule has 0 fully saturated rings. The van der Waals surface area contributed by atoms with Crippen LogP contribution in [0.2, 0.25) is 0 Å². The molecule has 0 radical (unpaired) electrons. The van der Waals surface area contributed by atoms with Gasteiger partial charge in [-0.2, -0.15) is 0 Å². The largest absolute Gasteiger partial charge is 0.480 e. The monoisotopic (exact) mass is 256 g/mol. The van der Waals surface area contributed by atoms with Gasteiger partial charge in [0.2, 0.25) is 0 Å². The summed E-state index contributed by atoms with van der Waals surface area (Å²) in [6.07, 6.45) is 0.342. The summed E-state index contributed by atoms with van der Waals surface area (Å²) in [6, 6.07) is 6.82. The number of nitrogens with two attached hydrogens (primary N) is 1. The standard InChI is InChI=1S/C12H17ClN2O2/c1-15(7-6-13)10-4-2-9(3-5-10)8-11(14)12(16)17/h2-5,11H,6-8,14H2,1H3,(H,16,17). The molecular formula is C12H17ClN2O2. The molecule has 0 heterocycles. The van der Waals surface area contributed by atoms with Gasteiger partial charge in [0.15, 0.2) is 0 Å². The van der Waals surface area contributed by atoms with Gasteiger partial charge in [-0.05, 0) is 24.1 Å². The highest BCUT2D eigenvalue weighted by molar-refractivity contribution is 6.18. The van der Waals surface area contributed by atoms with Crippen molar-refractivity contribution in [3.63, 3.8) is 0 Å². The van der Waals surface area contributed by atoms with E-state index in [9.17, 15) is 4.79 Å². The van der Waals surface area contributed by atoms with Crippen LogP contribution in [0.3, 0.4) is 0 Å². The fraction of sp³-hybridized carbons (Fsp3) is 0.417. The van der Waals surface area contributed by atoms with Gasteiger partial charge in [0.25, 0.3) is 0 Å². The second-order valence-corrected chi connectivity index (χ2v) is 4.30. The third kappa shape index (κ3) is 4.24. The molecule has 1 rings (SSSR count). The number of aliphatic carboxylic acids is 1. The van der Waals surface area contributed by atoms with Crippen LogP contribution in [0.4, 0.5) is 5.69 Å². The maximum Gasteiger partial charge on any atom is 0.320 e. The van der Waals surface area contributed by atoms with Crippen LogP contribution in [0.25, 0.3) is 0 Å². The molecular weight excluding hydrogens is 240 g/mol. The highest BCUT2D eigenvalue weighted by Crippen LogP contribution is 2.14. The number of rotatable bonds is 6. The molecule has 0 aliphatic rings. The smallest absolute Gasteiger partial charge is 0.320 e. The van der Waals surface area contributed by atoms with Gasteiger partial charge in [-0.1, -0.05) is 12.1 Å². The van der Waals surface area contributed by atoms with Crippen molar-refractivity contribution in [2.75, 3.05) is 24.4 Å². The summed E-state index contributed by atoms with van der Waals surface area (Å²) in [5.74, 6) is -0.407. The summed E-state index contributed by atoms with van der Waals surface area (Å²) in [7, 11) is 1.96. The van der Waals surface area contributed by atoms with Crippen molar-refractivity contribution >= 4 is 23.3 Å². The number of benzene rings is 1. The Kier molecular flexibility index (Phi) is 5.25. The second-order valence-electron chi connectivity index (χ2n) is 3.93. The summed E-state index contributed by atoms with van der Waals surface area (Å²) in [5, 5.41) is 8.71. The van der Waals surface area contributed by atoms with E-state index >= 15 is 0 Å². The fourth-order valence-electron chi connectivity index (χ4n) is 1.48. The minimum atomic E-state index is -0.978. The summed E-state index contributed by atoms with van der Waals surface area (Å²) < 4.78 is 0. The topological polar surface area (TPSA) is 66.6 Å². The molecule has 3 N–H and O–H groups in total. The third-order valence-corrected chi connectivity index (χ3v) is 2.74. The van der Waals surface area contributed by atoms with Gasteiger partial charge < -0.3 is 15.7 Å². The van der Waals surface area contributed by atoms with Crippen LogP contribution in [-0.2, 0) is 11.2 Å². The number of nitrogens with zero attached hydrogens (tertiary/aromatic N) is 1. The van der Waals surface area contributed by atoms with E-state index in [0.717, 1.165) is 17.8 Å². The Hall–Kier alpha value is -1.26. The van der Waals surface area contributed by atoms with Crippen LogP contribution in [-0.4, -0.2) is 36.6 Å². The summed E-state index contributed by atoms with van der Waals surface area (Å²) in [6.45, 7) is 0.773. The Balaban J connectivity index is 2.64. The number of anilines is 1. The lowest BCUT2D eigenvalue weighted by Gasteiger charge is -2.18. The Labute approximate surface area is 106 Å². The summed E-state index contributed by atoms with van der Waals surface area (Å²) >= 11 is 5.66. The predicted molar refractivity (Wildman–Crippen MR) is 69.7 cm³/mol. The number of carboxylic acids is 1. The van der Waals surface area contributed by atoms with Gasteiger partial charge in [-0.15, -0.1) is 11.6 Å². The van der Waals surface area contributed by atoms with Crippen LogP contribution in [0.5, 0.6) is 0 Å². The van der Waals surface area contributed by atoms with Crippen LogP contribution < -0.4 is 10.6 Å². The van der Waals surface area contributed by atoms with Crippen molar-refractivity contribution in [2.45, 2.75) is 12.5 Å². The first-order valence-corrected chi connectivity index (χ1v) is 5.92. The number of hydrogen-bond acceptors (Lipinski definition) is 3. The minimum absolute atomic E-state index is 0.342. The zero-order valence-corrected chi connectivity index (χ0v) is 10.5. The minimum Gasteiger partial charge on any atom is -0.480 e. The van der Waals surface area contributed by atoms with Crippen LogP contribution in [0.1, 0.15) is 5.56 Å². The first-order valence-electron chi connectivity index (χ1n) is 5.39. The number of alkyl halides is 1. The molecule has 0 saturated carbocycles. The van der Waals surface area contributed by atoms with E-state index in [2.05, 4.69) is 0 Å². The van der Waals surface area contributed by atoms with E-state index in [-0.39, 0.29) is 0 Å². The van der Waals surface area contributed by atoms with Crippen molar-refractivity contribution in [3.8, 4) is 0 Å². The second kappa shape index (κ2) is 6.47. The molecule has 0 saturated heterocycles. The maximum absolute atomic E-state index is 10.6. The highest BCUT2D eigenvalue weighted by atomic mass is 35.5. The summed E-state index contributed by atoms with van der Waals surface area (Å²) in [5.41, 5.74) is 7.44. The van der Waals surface area contributed by atoms with Crippen LogP contribution in [0, 0.1) is 0 Å². The average Bonchev–Trinajstić information content (AvgIpc) is 2.30. The van der Waals surface area contributed by atoms with Crippen molar-refractivity contribution < 1.29 is 9.90 Å². The highest BCUT2D eigenvalue weighted by Gasteiger charge is 2.11. The van der Waals surface area contributed by atoms with Gasteiger partial charge in [-0.3, -0.25) is 4.79 Å². The molecule has 0 amide bonds. The molecule has 5 heteroatoms. The van der Waals surface area contributed by atoms with E-state index in [4.69, 9.17) is 22.4 Å². The molecule has 0 aromatic heterocycles. The SMILES string of the molecule is CN(CCCl)c1ccc(CC(N)C(=O)O)cc1. The van der Waals surface area contributed by atoms with Crippen molar-refractivity contribution in [1.29, 1.82) is 0 Å². The lowest BCUT2D eigenvalue weighted by Crippen LogP contribution is -2.32. The number of carbonyl (C=O) groups is 1. The van der Waals surface area contributed by atoms with Gasteiger partial charge in [0, 0.05) is 25.2 Å². The molecule has 17 heavy (non-hydrogen) atoms. The molecule has 1 aromatic rings. The predicted octanol–water partition coefficient (Wildman–Crippen LogP) is 1.32. The zero-order chi connectivity index (χ0) is 12.8. The zero-order valence-electron chi connectivity index (χ0n) is 9.77. The van der Waals surface area contributed by atoms with Gasteiger partial charge in [-0.25, -0.2) is 0 Å². The fourth-order valence-corrected chi connectivity index (χ4v) is 1.74. The Morgan fingerprint density at radius 3 is 2.53 bits per heavy atom. The molecule has 4 nitrogen and oxygen atoms in total. The van der Waals surface area contributed by atoms with Gasteiger partial charge in [0.1, 0.15) is 6.04 Å². The Bertz CT molecular complexity index is 367. The van der Waals surface area contributed by atoms with E-state index < -0.39 is 12.0 Å². The van der Waals surface area contributed by atoms with Crippen LogP contribution in [0.15, 0.2) is 24.3 Å². The molecule has 1 unspecified atom stereocenters. The number of carboxylic acid groups (broad SMARTS) is 1. The average molecular weight is 257 g/mol. The quantitative estimate of drug-likeness (QED) is 0.754. The van der Waals surface area contributed by atoms with Gasteiger partial charge >= 0.3 is 5.97 Å². The third-order valence-electron chi connectivity index (χ3n) is 2.57. The Morgan fingerprint density at radius 2 is 2.06 bits per heavy atom. The first kappa shape index (κ1) is 13.8. The molecule has 0 bridgehead atoms. The van der Waals surface area contributed by atoms with Crippen molar-refractivity contribution in [2.24, 2.45) is 5.73 Å². The summed E-state index contributed by atoms with van der Waals surface area (Å²) in [4.78, 5) is 12.7. The van der Waals surface area contributed by atoms with E-state index in [1.807, 2.05) is 36.2 Å². The normalized spacial score (nSPS) is 12.2.